The van der Waals surface area contributed by atoms with Crippen LogP contribution >= 0.6 is 0 Å². The molecule has 5 heteroatoms. The second-order valence-electron chi connectivity index (χ2n) is 5.07. The first-order valence-corrected chi connectivity index (χ1v) is 6.85. The summed E-state index contributed by atoms with van der Waals surface area (Å²) in [5.41, 5.74) is 6.33. The fourth-order valence-corrected chi connectivity index (χ4v) is 2.70. The molecule has 0 aliphatic heterocycles. The van der Waals surface area contributed by atoms with E-state index in [0.29, 0.717) is 19.1 Å². The SMILES string of the molecule is CNc1cccc(CN(CC(N)=O)C2CCCC2)n1. The van der Waals surface area contributed by atoms with Crippen LogP contribution in [-0.4, -0.2) is 35.4 Å². The average molecular weight is 262 g/mol. The Hall–Kier alpha value is -1.62. The average Bonchev–Trinajstić information content (AvgIpc) is 2.91. The van der Waals surface area contributed by atoms with Gasteiger partial charge in [-0.3, -0.25) is 9.69 Å². The predicted molar refractivity (Wildman–Crippen MR) is 75.6 cm³/mol. The van der Waals surface area contributed by atoms with E-state index in [0.717, 1.165) is 24.4 Å². The van der Waals surface area contributed by atoms with Gasteiger partial charge in [-0.05, 0) is 25.0 Å². The van der Waals surface area contributed by atoms with Gasteiger partial charge in [0.15, 0.2) is 0 Å². The van der Waals surface area contributed by atoms with Crippen LogP contribution in [0.3, 0.4) is 0 Å². The van der Waals surface area contributed by atoms with E-state index >= 15 is 0 Å². The van der Waals surface area contributed by atoms with E-state index in [-0.39, 0.29) is 5.91 Å². The lowest BCUT2D eigenvalue weighted by Crippen LogP contribution is -2.39. The molecule has 1 aromatic rings. The van der Waals surface area contributed by atoms with Gasteiger partial charge in [0.2, 0.25) is 5.91 Å². The lowest BCUT2D eigenvalue weighted by molar-refractivity contribution is -0.119. The number of nitrogens with zero attached hydrogens (tertiary/aromatic N) is 2. The highest BCUT2D eigenvalue weighted by Crippen LogP contribution is 2.24. The molecule has 0 radical (unpaired) electrons. The van der Waals surface area contributed by atoms with Crippen LogP contribution in [-0.2, 0) is 11.3 Å². The fraction of sp³-hybridized carbons (Fsp3) is 0.571. The van der Waals surface area contributed by atoms with Gasteiger partial charge in [0.05, 0.1) is 12.2 Å². The molecule has 0 bridgehead atoms. The molecule has 0 atom stereocenters. The van der Waals surface area contributed by atoms with Gasteiger partial charge < -0.3 is 11.1 Å². The van der Waals surface area contributed by atoms with Crippen molar-refractivity contribution in [2.75, 3.05) is 18.9 Å². The molecule has 2 rings (SSSR count). The first kappa shape index (κ1) is 13.8. The number of carbonyl (C=O) groups is 1. The maximum absolute atomic E-state index is 11.2. The maximum atomic E-state index is 11.2. The summed E-state index contributed by atoms with van der Waals surface area (Å²) in [6.07, 6.45) is 4.78. The van der Waals surface area contributed by atoms with Gasteiger partial charge in [-0.25, -0.2) is 4.98 Å². The highest BCUT2D eigenvalue weighted by molar-refractivity contribution is 5.75. The van der Waals surface area contributed by atoms with Gasteiger partial charge >= 0.3 is 0 Å². The van der Waals surface area contributed by atoms with Crippen LogP contribution in [0, 0.1) is 0 Å². The van der Waals surface area contributed by atoms with Crippen molar-refractivity contribution < 1.29 is 4.79 Å². The topological polar surface area (TPSA) is 71.2 Å². The highest BCUT2D eigenvalue weighted by Gasteiger charge is 2.24. The molecule has 104 valence electrons. The number of nitrogens with one attached hydrogen (secondary N) is 1. The zero-order chi connectivity index (χ0) is 13.7. The molecule has 0 spiro atoms. The smallest absolute Gasteiger partial charge is 0.231 e. The molecule has 5 nitrogen and oxygen atoms in total. The molecule has 19 heavy (non-hydrogen) atoms. The van der Waals surface area contributed by atoms with Crippen LogP contribution < -0.4 is 11.1 Å². The van der Waals surface area contributed by atoms with Crippen molar-refractivity contribution >= 4 is 11.7 Å². The summed E-state index contributed by atoms with van der Waals surface area (Å²) in [7, 11) is 1.85. The molecular weight excluding hydrogens is 240 g/mol. The molecular formula is C14H22N4O. The van der Waals surface area contributed by atoms with Crippen molar-refractivity contribution in [3.05, 3.63) is 23.9 Å². The van der Waals surface area contributed by atoms with Crippen molar-refractivity contribution in [2.24, 2.45) is 5.73 Å². The summed E-state index contributed by atoms with van der Waals surface area (Å²) in [6, 6.07) is 6.36. The number of hydrogen-bond acceptors (Lipinski definition) is 4. The van der Waals surface area contributed by atoms with Crippen molar-refractivity contribution in [1.82, 2.24) is 9.88 Å². The number of rotatable bonds is 6. The molecule has 1 heterocycles. The van der Waals surface area contributed by atoms with Gasteiger partial charge in [0, 0.05) is 19.6 Å². The van der Waals surface area contributed by atoms with Gasteiger partial charge in [0.1, 0.15) is 5.82 Å². The van der Waals surface area contributed by atoms with E-state index in [1.54, 1.807) is 0 Å². The van der Waals surface area contributed by atoms with Crippen LogP contribution in [0.15, 0.2) is 18.2 Å². The van der Waals surface area contributed by atoms with Gasteiger partial charge in [-0.2, -0.15) is 0 Å². The lowest BCUT2D eigenvalue weighted by atomic mass is 10.2. The number of aromatic nitrogens is 1. The van der Waals surface area contributed by atoms with Crippen LogP contribution in [0.1, 0.15) is 31.4 Å². The maximum Gasteiger partial charge on any atom is 0.231 e. The van der Waals surface area contributed by atoms with Crippen molar-refractivity contribution in [2.45, 2.75) is 38.3 Å². The summed E-state index contributed by atoms with van der Waals surface area (Å²) in [5, 5.41) is 3.03. The Morgan fingerprint density at radius 2 is 2.21 bits per heavy atom. The summed E-state index contributed by atoms with van der Waals surface area (Å²) >= 11 is 0. The number of amides is 1. The third-order valence-electron chi connectivity index (χ3n) is 3.63. The van der Waals surface area contributed by atoms with Crippen molar-refractivity contribution in [3.8, 4) is 0 Å². The van der Waals surface area contributed by atoms with Crippen LogP contribution in [0.2, 0.25) is 0 Å². The van der Waals surface area contributed by atoms with E-state index in [2.05, 4.69) is 15.2 Å². The second-order valence-corrected chi connectivity index (χ2v) is 5.07. The first-order valence-electron chi connectivity index (χ1n) is 6.85. The largest absolute Gasteiger partial charge is 0.373 e. The number of hydrogen-bond donors (Lipinski definition) is 2. The van der Waals surface area contributed by atoms with Crippen LogP contribution in [0.25, 0.3) is 0 Å². The summed E-state index contributed by atoms with van der Waals surface area (Å²) in [6.45, 7) is 0.999. The Labute approximate surface area is 114 Å². The molecule has 0 saturated heterocycles. The molecule has 3 N–H and O–H groups in total. The Morgan fingerprint density at radius 3 is 2.84 bits per heavy atom. The molecule has 1 saturated carbocycles. The van der Waals surface area contributed by atoms with Gasteiger partial charge in [-0.1, -0.05) is 18.9 Å². The normalized spacial score (nSPS) is 15.9. The Morgan fingerprint density at radius 1 is 1.47 bits per heavy atom. The van der Waals surface area contributed by atoms with E-state index in [1.165, 1.54) is 12.8 Å². The van der Waals surface area contributed by atoms with Crippen LogP contribution in [0.5, 0.6) is 0 Å². The highest BCUT2D eigenvalue weighted by atomic mass is 16.1. The van der Waals surface area contributed by atoms with Crippen molar-refractivity contribution in [3.63, 3.8) is 0 Å². The second kappa shape index (κ2) is 6.52. The molecule has 1 amide bonds. The minimum Gasteiger partial charge on any atom is -0.373 e. The number of pyridine rings is 1. The van der Waals surface area contributed by atoms with E-state index in [1.807, 2.05) is 25.2 Å². The predicted octanol–water partition coefficient (Wildman–Crippen LogP) is 1.35. The Bertz CT molecular complexity index is 429. The third-order valence-corrected chi connectivity index (χ3v) is 3.63. The third kappa shape index (κ3) is 3.92. The zero-order valence-corrected chi connectivity index (χ0v) is 11.4. The van der Waals surface area contributed by atoms with Crippen LogP contribution in [0.4, 0.5) is 5.82 Å². The summed E-state index contributed by atoms with van der Waals surface area (Å²) in [4.78, 5) is 17.9. The number of nitrogens with two attached hydrogens (primary N) is 1. The monoisotopic (exact) mass is 262 g/mol. The minimum atomic E-state index is -0.267. The molecule has 0 aromatic carbocycles. The van der Waals surface area contributed by atoms with Gasteiger partial charge in [0.25, 0.3) is 0 Å². The number of anilines is 1. The number of carbonyl (C=O) groups excluding carboxylic acids is 1. The van der Waals surface area contributed by atoms with Crippen molar-refractivity contribution in [1.29, 1.82) is 0 Å². The minimum absolute atomic E-state index is 0.267. The van der Waals surface area contributed by atoms with E-state index in [9.17, 15) is 4.79 Å². The zero-order valence-electron chi connectivity index (χ0n) is 11.4. The summed E-state index contributed by atoms with van der Waals surface area (Å²) < 4.78 is 0. The Balaban J connectivity index is 2.07. The fourth-order valence-electron chi connectivity index (χ4n) is 2.70. The van der Waals surface area contributed by atoms with Gasteiger partial charge in [-0.15, -0.1) is 0 Å². The molecule has 1 aliphatic carbocycles. The molecule has 1 aliphatic rings. The van der Waals surface area contributed by atoms with E-state index in [4.69, 9.17) is 5.73 Å². The number of primary amides is 1. The lowest BCUT2D eigenvalue weighted by Gasteiger charge is -2.27. The Kier molecular flexibility index (Phi) is 4.74. The molecule has 0 unspecified atom stereocenters. The first-order chi connectivity index (χ1) is 9.19. The molecule has 1 aromatic heterocycles. The standard InChI is InChI=1S/C14H22N4O/c1-16-14-8-4-5-11(17-14)9-18(10-13(15)19)12-6-2-3-7-12/h4-5,8,12H,2-3,6-7,9-10H2,1H3,(H2,15,19)(H,16,17). The summed E-state index contributed by atoms with van der Waals surface area (Å²) in [5.74, 6) is 0.583. The van der Waals surface area contributed by atoms with E-state index < -0.39 is 0 Å². The molecule has 1 fully saturated rings. The quantitative estimate of drug-likeness (QED) is 0.812.